The standard InChI is InChI=1S/C35H35BrN6O4/c1-24-6-4-7-25(20-24)22-38-41-34(44)35(21-28-8-2-3-9-29(28)23-39-42-37)32(26-10-14-30(36)15-11-26)46-33(40-35)27-12-16-31(17-13-27)45-19-5-18-43/h2-4,6-17,20,32,38,43H,5,18-19,21-23H2,1H3,(H,41,44)/t32-,35-/m0/s1. The Hall–Kier alpha value is -4.67. The lowest BCUT2D eigenvalue weighted by Crippen LogP contribution is -2.53. The largest absolute Gasteiger partial charge is 0.494 e. The SMILES string of the molecule is Cc1cccc(CNNC(=O)[C@@]2(Cc3ccccc3CN=[N+]=[N-])N=C(c3ccc(OCCCO)cc3)O[C@H]2c2ccc(Br)cc2)c1. The van der Waals surface area contributed by atoms with Crippen LogP contribution < -0.4 is 15.6 Å². The first-order valence-electron chi connectivity index (χ1n) is 14.9. The number of nitrogens with zero attached hydrogens (tertiary/aromatic N) is 4. The Labute approximate surface area is 276 Å². The van der Waals surface area contributed by atoms with Crippen LogP contribution in [-0.2, 0) is 29.0 Å². The molecule has 0 spiro atoms. The Morgan fingerprint density at radius 1 is 1.07 bits per heavy atom. The predicted octanol–water partition coefficient (Wildman–Crippen LogP) is 6.65. The molecule has 0 bridgehead atoms. The van der Waals surface area contributed by atoms with Gasteiger partial charge in [-0.15, -0.1) is 0 Å². The van der Waals surface area contributed by atoms with E-state index in [0.29, 0.717) is 36.8 Å². The van der Waals surface area contributed by atoms with Gasteiger partial charge in [-0.25, -0.2) is 10.4 Å². The minimum atomic E-state index is -1.44. The Bertz CT molecular complexity index is 1720. The summed E-state index contributed by atoms with van der Waals surface area (Å²) in [7, 11) is 0. The van der Waals surface area contributed by atoms with E-state index in [-0.39, 0.29) is 25.5 Å². The molecule has 1 amide bonds. The van der Waals surface area contributed by atoms with Gasteiger partial charge in [0.1, 0.15) is 5.75 Å². The molecule has 11 heteroatoms. The van der Waals surface area contributed by atoms with Gasteiger partial charge < -0.3 is 14.6 Å². The van der Waals surface area contributed by atoms with Crippen molar-refractivity contribution in [1.29, 1.82) is 0 Å². The zero-order valence-corrected chi connectivity index (χ0v) is 27.0. The van der Waals surface area contributed by atoms with Crippen LogP contribution in [0.3, 0.4) is 0 Å². The third kappa shape index (κ3) is 7.94. The molecule has 0 saturated carbocycles. The molecule has 0 aliphatic carbocycles. The van der Waals surface area contributed by atoms with Crippen molar-refractivity contribution in [2.75, 3.05) is 13.2 Å². The van der Waals surface area contributed by atoms with Crippen LogP contribution in [0.15, 0.2) is 112 Å². The number of hydrazine groups is 1. The number of carbonyl (C=O) groups is 1. The van der Waals surface area contributed by atoms with Gasteiger partial charge in [-0.05, 0) is 71.1 Å². The Kier molecular flexibility index (Phi) is 11.1. The number of halogens is 1. The Morgan fingerprint density at radius 2 is 1.83 bits per heavy atom. The van der Waals surface area contributed by atoms with Crippen molar-refractivity contribution >= 4 is 27.7 Å². The number of carbonyl (C=O) groups excluding carboxylic acids is 1. The lowest BCUT2D eigenvalue weighted by molar-refractivity contribution is -0.130. The number of nitrogens with one attached hydrogen (secondary N) is 2. The highest BCUT2D eigenvalue weighted by molar-refractivity contribution is 9.10. The van der Waals surface area contributed by atoms with E-state index in [1.807, 2.05) is 97.9 Å². The average molecular weight is 684 g/mol. The van der Waals surface area contributed by atoms with Crippen molar-refractivity contribution in [1.82, 2.24) is 10.9 Å². The monoisotopic (exact) mass is 682 g/mol. The maximum atomic E-state index is 14.5. The van der Waals surface area contributed by atoms with Gasteiger partial charge in [0, 0.05) is 40.9 Å². The van der Waals surface area contributed by atoms with E-state index < -0.39 is 11.6 Å². The third-order valence-electron chi connectivity index (χ3n) is 7.66. The topological polar surface area (TPSA) is 141 Å². The second-order valence-electron chi connectivity index (χ2n) is 11.0. The molecule has 2 atom stereocenters. The average Bonchev–Trinajstić information content (AvgIpc) is 3.45. The quantitative estimate of drug-likeness (QED) is 0.0449. The molecule has 5 rings (SSSR count). The predicted molar refractivity (Wildman–Crippen MR) is 180 cm³/mol. The van der Waals surface area contributed by atoms with E-state index in [0.717, 1.165) is 32.3 Å². The van der Waals surface area contributed by atoms with Crippen LogP contribution in [0.25, 0.3) is 10.4 Å². The fourth-order valence-electron chi connectivity index (χ4n) is 5.36. The van der Waals surface area contributed by atoms with Crippen LogP contribution in [0.2, 0.25) is 0 Å². The van der Waals surface area contributed by atoms with Crippen molar-refractivity contribution in [2.24, 2.45) is 10.1 Å². The number of amides is 1. The maximum Gasteiger partial charge on any atom is 0.266 e. The molecule has 1 aliphatic heterocycles. The molecule has 4 aromatic rings. The summed E-state index contributed by atoms with van der Waals surface area (Å²) < 4.78 is 13.2. The van der Waals surface area contributed by atoms with E-state index in [1.54, 1.807) is 0 Å². The molecule has 236 valence electrons. The summed E-state index contributed by atoms with van der Waals surface area (Å²) in [5, 5.41) is 12.9. The summed E-state index contributed by atoms with van der Waals surface area (Å²) in [5.41, 5.74) is 18.8. The van der Waals surface area contributed by atoms with Crippen LogP contribution in [0.1, 0.15) is 45.9 Å². The molecular weight excluding hydrogens is 648 g/mol. The van der Waals surface area contributed by atoms with Gasteiger partial charge in [0.05, 0.1) is 13.2 Å². The number of hydrogen-bond acceptors (Lipinski definition) is 7. The number of rotatable bonds is 14. The molecule has 0 fully saturated rings. The summed E-state index contributed by atoms with van der Waals surface area (Å²) in [6, 6.07) is 30.6. The molecule has 46 heavy (non-hydrogen) atoms. The van der Waals surface area contributed by atoms with Crippen LogP contribution in [0.5, 0.6) is 5.75 Å². The number of aliphatic hydroxyl groups is 1. The molecule has 4 aromatic carbocycles. The normalized spacial score (nSPS) is 17.0. The smallest absolute Gasteiger partial charge is 0.266 e. The van der Waals surface area contributed by atoms with Gasteiger partial charge in [0.15, 0.2) is 11.6 Å². The van der Waals surface area contributed by atoms with E-state index in [9.17, 15) is 4.79 Å². The minimum Gasteiger partial charge on any atom is -0.494 e. The zero-order valence-electron chi connectivity index (χ0n) is 25.4. The fourth-order valence-corrected chi connectivity index (χ4v) is 5.62. The highest BCUT2D eigenvalue weighted by Gasteiger charge is 2.53. The minimum absolute atomic E-state index is 0.0517. The molecule has 10 nitrogen and oxygen atoms in total. The van der Waals surface area contributed by atoms with Crippen molar-refractivity contribution in [3.63, 3.8) is 0 Å². The number of benzene rings is 4. The molecule has 1 heterocycles. The highest BCUT2D eigenvalue weighted by Crippen LogP contribution is 2.43. The first kappa shape index (κ1) is 32.7. The molecule has 0 radical (unpaired) electrons. The van der Waals surface area contributed by atoms with E-state index in [4.69, 9.17) is 25.1 Å². The number of ether oxygens (including phenoxy) is 2. The van der Waals surface area contributed by atoms with Crippen molar-refractivity contribution < 1.29 is 19.4 Å². The number of aryl methyl sites for hydroxylation is 1. The molecular formula is C35H35BrN6O4. The van der Waals surface area contributed by atoms with Gasteiger partial charge in [0.2, 0.25) is 5.90 Å². The van der Waals surface area contributed by atoms with Gasteiger partial charge in [-0.1, -0.05) is 87.3 Å². The molecule has 3 N–H and O–H groups in total. The Morgan fingerprint density at radius 3 is 2.54 bits per heavy atom. The van der Waals surface area contributed by atoms with Crippen LogP contribution in [0.4, 0.5) is 0 Å². The molecule has 1 aliphatic rings. The van der Waals surface area contributed by atoms with Crippen LogP contribution in [-0.4, -0.2) is 35.7 Å². The number of hydrogen-bond donors (Lipinski definition) is 3. The van der Waals surface area contributed by atoms with E-state index in [2.05, 4.69) is 42.9 Å². The number of aliphatic hydroxyl groups excluding tert-OH is 1. The fraction of sp³-hybridized carbons (Fsp3) is 0.257. The van der Waals surface area contributed by atoms with Gasteiger partial charge in [-0.3, -0.25) is 10.2 Å². The van der Waals surface area contributed by atoms with E-state index in [1.165, 1.54) is 0 Å². The van der Waals surface area contributed by atoms with Gasteiger partial charge in [-0.2, -0.15) is 0 Å². The van der Waals surface area contributed by atoms with E-state index >= 15 is 0 Å². The Balaban J connectivity index is 1.55. The summed E-state index contributed by atoms with van der Waals surface area (Å²) in [5.74, 6) is 0.596. The molecule has 0 saturated heterocycles. The third-order valence-corrected chi connectivity index (χ3v) is 8.19. The summed E-state index contributed by atoms with van der Waals surface area (Å²) >= 11 is 3.51. The van der Waals surface area contributed by atoms with Gasteiger partial charge in [0.25, 0.3) is 5.91 Å². The second-order valence-corrected chi connectivity index (χ2v) is 11.9. The number of azide groups is 1. The van der Waals surface area contributed by atoms with Crippen LogP contribution >= 0.6 is 15.9 Å². The first-order valence-corrected chi connectivity index (χ1v) is 15.7. The van der Waals surface area contributed by atoms with Crippen LogP contribution in [0, 0.1) is 6.92 Å². The summed E-state index contributed by atoms with van der Waals surface area (Å²) in [4.78, 5) is 22.5. The van der Waals surface area contributed by atoms with Crippen molar-refractivity contribution in [3.8, 4) is 5.75 Å². The van der Waals surface area contributed by atoms with Gasteiger partial charge >= 0.3 is 0 Å². The molecule has 0 aromatic heterocycles. The summed E-state index contributed by atoms with van der Waals surface area (Å²) in [6.07, 6.45) is -0.0815. The zero-order chi connectivity index (χ0) is 32.4. The molecule has 0 unspecified atom stereocenters. The maximum absolute atomic E-state index is 14.5. The lowest BCUT2D eigenvalue weighted by Gasteiger charge is -2.31. The number of aliphatic imine (C=N–C) groups is 1. The lowest BCUT2D eigenvalue weighted by atomic mass is 9.81. The second kappa shape index (κ2) is 15.6. The van der Waals surface area contributed by atoms with Crippen molar-refractivity contribution in [3.05, 3.63) is 145 Å². The highest BCUT2D eigenvalue weighted by atomic mass is 79.9. The first-order chi connectivity index (χ1) is 22.4. The van der Waals surface area contributed by atoms with Crippen molar-refractivity contribution in [2.45, 2.75) is 44.5 Å². The summed E-state index contributed by atoms with van der Waals surface area (Å²) in [6.45, 7) is 3.01.